The van der Waals surface area contributed by atoms with Crippen LogP contribution in [0.5, 0.6) is 0 Å². The van der Waals surface area contributed by atoms with Gasteiger partial charge in [-0.2, -0.15) is 5.10 Å². The fraction of sp³-hybridized carbons (Fsp3) is 0.0714. The molecule has 5 aromatic rings. The van der Waals surface area contributed by atoms with Crippen molar-refractivity contribution in [2.45, 2.75) is 17.7 Å². The number of sulfonamides is 1. The summed E-state index contributed by atoms with van der Waals surface area (Å²) >= 11 is 0. The molecule has 1 aromatic heterocycles. The Morgan fingerprint density at radius 3 is 2.19 bits per heavy atom. The van der Waals surface area contributed by atoms with E-state index in [2.05, 4.69) is 5.10 Å². The van der Waals surface area contributed by atoms with Gasteiger partial charge in [0.1, 0.15) is 17.4 Å². The van der Waals surface area contributed by atoms with Gasteiger partial charge < -0.3 is 5.73 Å². The number of aromatic nitrogens is 2. The van der Waals surface area contributed by atoms with E-state index in [1.807, 2.05) is 24.3 Å². The van der Waals surface area contributed by atoms with Crippen LogP contribution in [0.2, 0.25) is 0 Å². The van der Waals surface area contributed by atoms with Crippen LogP contribution >= 0.6 is 0 Å². The van der Waals surface area contributed by atoms with E-state index >= 15 is 4.39 Å². The van der Waals surface area contributed by atoms with Gasteiger partial charge in [0.25, 0.3) is 0 Å². The number of aryl methyl sites for hydroxylation is 1. The maximum Gasteiger partial charge on any atom is 0.238 e. The zero-order valence-corrected chi connectivity index (χ0v) is 20.6. The Balaban J connectivity index is 1.61. The molecule has 0 fully saturated rings. The standard InChI is InChI=1S/C28H23FN4O3S/c1-17-14-25(33(32-17)24-16-21-7-3-2-6-20(21)15-23(24)29)27(28(30)34)19-12-10-18(11-13-19)22-8-4-5-9-26(22)37(31,35)36/h2-16,27H,1H3,(H2,30,34)(H2,31,35,36). The van der Waals surface area contributed by atoms with Gasteiger partial charge in [-0.1, -0.05) is 66.7 Å². The van der Waals surface area contributed by atoms with Crippen molar-refractivity contribution in [3.8, 4) is 16.8 Å². The lowest BCUT2D eigenvalue weighted by Gasteiger charge is -2.18. The number of primary amides is 1. The molecule has 186 valence electrons. The molecule has 0 aliphatic carbocycles. The average molecular weight is 515 g/mol. The first kappa shape index (κ1) is 24.4. The highest BCUT2D eigenvalue weighted by Crippen LogP contribution is 2.32. The first-order valence-electron chi connectivity index (χ1n) is 11.4. The first-order chi connectivity index (χ1) is 17.6. The number of fused-ring (bicyclic) bond motifs is 1. The molecule has 0 bridgehead atoms. The summed E-state index contributed by atoms with van der Waals surface area (Å²) in [6.45, 7) is 1.75. The van der Waals surface area contributed by atoms with E-state index in [4.69, 9.17) is 10.9 Å². The van der Waals surface area contributed by atoms with Crippen molar-refractivity contribution in [2.24, 2.45) is 10.9 Å². The minimum atomic E-state index is -3.94. The molecule has 1 amide bonds. The van der Waals surface area contributed by atoms with Crippen LogP contribution in [0.3, 0.4) is 0 Å². The second-order valence-corrected chi connectivity index (χ2v) is 10.3. The van der Waals surface area contributed by atoms with Gasteiger partial charge in [-0.05, 0) is 53.1 Å². The lowest BCUT2D eigenvalue weighted by Crippen LogP contribution is -2.25. The van der Waals surface area contributed by atoms with Crippen LogP contribution in [0.25, 0.3) is 27.6 Å². The lowest BCUT2D eigenvalue weighted by atomic mass is 9.92. The normalized spacial score (nSPS) is 12.5. The smallest absolute Gasteiger partial charge is 0.238 e. The fourth-order valence-electron chi connectivity index (χ4n) is 4.57. The highest BCUT2D eigenvalue weighted by Gasteiger charge is 2.27. The van der Waals surface area contributed by atoms with Crippen molar-refractivity contribution in [1.82, 2.24) is 9.78 Å². The summed E-state index contributed by atoms with van der Waals surface area (Å²) < 4.78 is 40.7. The number of hydrogen-bond acceptors (Lipinski definition) is 4. The number of carbonyl (C=O) groups is 1. The molecule has 7 nitrogen and oxygen atoms in total. The van der Waals surface area contributed by atoms with E-state index in [9.17, 15) is 13.2 Å². The monoisotopic (exact) mass is 514 g/mol. The molecule has 0 saturated carbocycles. The van der Waals surface area contributed by atoms with E-state index in [1.54, 1.807) is 61.5 Å². The van der Waals surface area contributed by atoms with Gasteiger partial charge in [-0.15, -0.1) is 0 Å². The Kier molecular flexibility index (Phi) is 6.10. The summed E-state index contributed by atoms with van der Waals surface area (Å²) in [5.41, 5.74) is 8.63. The topological polar surface area (TPSA) is 121 Å². The maximum absolute atomic E-state index is 15.2. The molecule has 0 radical (unpaired) electrons. The van der Waals surface area contributed by atoms with Crippen molar-refractivity contribution in [2.75, 3.05) is 0 Å². The zero-order valence-electron chi connectivity index (χ0n) is 19.8. The minimum Gasteiger partial charge on any atom is -0.369 e. The number of hydrogen-bond donors (Lipinski definition) is 2. The van der Waals surface area contributed by atoms with Crippen molar-refractivity contribution in [1.29, 1.82) is 0 Å². The molecule has 0 spiro atoms. The zero-order chi connectivity index (χ0) is 26.3. The summed E-state index contributed by atoms with van der Waals surface area (Å²) in [7, 11) is -3.94. The van der Waals surface area contributed by atoms with Crippen molar-refractivity contribution in [3.05, 3.63) is 114 Å². The minimum absolute atomic E-state index is 0.00492. The van der Waals surface area contributed by atoms with Crippen LogP contribution in [-0.2, 0) is 14.8 Å². The van der Waals surface area contributed by atoms with Gasteiger partial charge in [-0.25, -0.2) is 22.6 Å². The summed E-state index contributed by atoms with van der Waals surface area (Å²) in [4.78, 5) is 12.7. The van der Waals surface area contributed by atoms with Crippen LogP contribution < -0.4 is 10.9 Å². The number of halogens is 1. The van der Waals surface area contributed by atoms with Crippen molar-refractivity contribution >= 4 is 26.7 Å². The molecule has 5 rings (SSSR count). The lowest BCUT2D eigenvalue weighted by molar-refractivity contribution is -0.118. The molecular formula is C28H23FN4O3S. The molecule has 37 heavy (non-hydrogen) atoms. The highest BCUT2D eigenvalue weighted by molar-refractivity contribution is 7.89. The number of primary sulfonamides is 1. The quantitative estimate of drug-likeness (QED) is 0.349. The Labute approximate surface area is 213 Å². The predicted molar refractivity (Wildman–Crippen MR) is 140 cm³/mol. The summed E-state index contributed by atoms with van der Waals surface area (Å²) in [6, 6.07) is 25.4. The summed E-state index contributed by atoms with van der Waals surface area (Å²) in [5, 5.41) is 11.4. The van der Waals surface area contributed by atoms with Crippen LogP contribution in [0.4, 0.5) is 4.39 Å². The molecule has 0 aliphatic rings. The van der Waals surface area contributed by atoms with Crippen LogP contribution in [0.1, 0.15) is 22.9 Å². The number of nitrogens with two attached hydrogens (primary N) is 2. The van der Waals surface area contributed by atoms with Gasteiger partial charge in [0.15, 0.2) is 0 Å². The van der Waals surface area contributed by atoms with E-state index in [0.29, 0.717) is 28.1 Å². The van der Waals surface area contributed by atoms with Crippen LogP contribution in [0.15, 0.2) is 95.9 Å². The first-order valence-corrected chi connectivity index (χ1v) is 12.9. The number of amides is 1. The van der Waals surface area contributed by atoms with Crippen molar-refractivity contribution < 1.29 is 17.6 Å². The largest absolute Gasteiger partial charge is 0.369 e. The number of benzene rings is 4. The molecular weight excluding hydrogens is 491 g/mol. The SMILES string of the molecule is Cc1cc(C(C(N)=O)c2ccc(-c3ccccc3S(N)(=O)=O)cc2)n(-c2cc3ccccc3cc2F)n1. The Hall–Kier alpha value is -4.34. The van der Waals surface area contributed by atoms with Gasteiger partial charge in [0.05, 0.1) is 16.3 Å². The second kappa shape index (κ2) is 9.27. The third kappa shape index (κ3) is 4.62. The van der Waals surface area contributed by atoms with Gasteiger partial charge >= 0.3 is 0 Å². The molecule has 1 heterocycles. The average Bonchev–Trinajstić information content (AvgIpc) is 3.24. The van der Waals surface area contributed by atoms with E-state index in [-0.39, 0.29) is 10.6 Å². The maximum atomic E-state index is 15.2. The predicted octanol–water partition coefficient (Wildman–Crippen LogP) is 4.40. The molecule has 1 unspecified atom stereocenters. The molecule has 4 aromatic carbocycles. The van der Waals surface area contributed by atoms with Crippen molar-refractivity contribution in [3.63, 3.8) is 0 Å². The van der Waals surface area contributed by atoms with Gasteiger partial charge in [-0.3, -0.25) is 4.79 Å². The summed E-state index contributed by atoms with van der Waals surface area (Å²) in [5.74, 6) is -2.06. The molecule has 1 atom stereocenters. The van der Waals surface area contributed by atoms with Gasteiger partial charge in [0, 0.05) is 5.56 Å². The highest BCUT2D eigenvalue weighted by atomic mass is 32.2. The fourth-order valence-corrected chi connectivity index (χ4v) is 5.33. The number of rotatable bonds is 6. The second-order valence-electron chi connectivity index (χ2n) is 8.77. The van der Waals surface area contributed by atoms with Crippen LogP contribution in [0, 0.1) is 12.7 Å². The molecule has 9 heteroatoms. The number of nitrogens with zero attached hydrogens (tertiary/aromatic N) is 2. The Morgan fingerprint density at radius 2 is 1.54 bits per heavy atom. The van der Waals surface area contributed by atoms with Gasteiger partial charge in [0.2, 0.25) is 15.9 Å². The summed E-state index contributed by atoms with van der Waals surface area (Å²) in [6.07, 6.45) is 0. The van der Waals surface area contributed by atoms with E-state index in [1.165, 1.54) is 16.8 Å². The van der Waals surface area contributed by atoms with E-state index < -0.39 is 27.7 Å². The number of carbonyl (C=O) groups excluding carboxylic acids is 1. The molecule has 0 aliphatic heterocycles. The Morgan fingerprint density at radius 1 is 0.919 bits per heavy atom. The Bertz CT molecular complexity index is 1760. The van der Waals surface area contributed by atoms with Crippen LogP contribution in [-0.4, -0.2) is 24.1 Å². The van der Waals surface area contributed by atoms with E-state index in [0.717, 1.165) is 10.8 Å². The third-order valence-corrected chi connectivity index (χ3v) is 7.20. The molecule has 4 N–H and O–H groups in total. The third-order valence-electron chi connectivity index (χ3n) is 6.23. The molecule has 0 saturated heterocycles.